The zero-order valence-corrected chi connectivity index (χ0v) is 11.5. The SMILES string of the molecule is CCC(C)CC(=O)N(C)CCC(N)C(C)C. The topological polar surface area (TPSA) is 46.3 Å². The smallest absolute Gasteiger partial charge is 0.222 e. The van der Waals surface area contributed by atoms with E-state index in [2.05, 4.69) is 27.7 Å². The van der Waals surface area contributed by atoms with Crippen molar-refractivity contribution in [3.05, 3.63) is 0 Å². The Hall–Kier alpha value is -0.570. The normalized spacial score (nSPS) is 14.9. The molecule has 0 saturated heterocycles. The van der Waals surface area contributed by atoms with Crippen LogP contribution in [0.3, 0.4) is 0 Å². The number of carbonyl (C=O) groups is 1. The number of hydrogen-bond acceptors (Lipinski definition) is 2. The van der Waals surface area contributed by atoms with E-state index in [1.54, 1.807) is 0 Å². The van der Waals surface area contributed by atoms with E-state index in [0.717, 1.165) is 19.4 Å². The van der Waals surface area contributed by atoms with Crippen molar-refractivity contribution in [3.63, 3.8) is 0 Å². The zero-order chi connectivity index (χ0) is 12.7. The Morgan fingerprint density at radius 2 is 1.88 bits per heavy atom. The summed E-state index contributed by atoms with van der Waals surface area (Å²) in [6.45, 7) is 9.24. The van der Waals surface area contributed by atoms with Gasteiger partial charge in [-0.05, 0) is 18.3 Å². The van der Waals surface area contributed by atoms with Gasteiger partial charge in [0.2, 0.25) is 5.91 Å². The maximum atomic E-state index is 11.8. The van der Waals surface area contributed by atoms with Gasteiger partial charge in [-0.25, -0.2) is 0 Å². The average molecular weight is 228 g/mol. The van der Waals surface area contributed by atoms with Crippen LogP contribution in [-0.2, 0) is 4.79 Å². The van der Waals surface area contributed by atoms with Crippen LogP contribution in [0.1, 0.15) is 47.0 Å². The molecular weight excluding hydrogens is 200 g/mol. The summed E-state index contributed by atoms with van der Waals surface area (Å²) in [5.74, 6) is 1.21. The van der Waals surface area contributed by atoms with Crippen molar-refractivity contribution in [1.82, 2.24) is 4.90 Å². The highest BCUT2D eigenvalue weighted by Crippen LogP contribution is 2.09. The monoisotopic (exact) mass is 228 g/mol. The van der Waals surface area contributed by atoms with Gasteiger partial charge in [-0.15, -0.1) is 0 Å². The number of carbonyl (C=O) groups excluding carboxylic acids is 1. The number of amides is 1. The Labute approximate surface area is 100 Å². The minimum atomic E-state index is 0.193. The third-order valence-corrected chi connectivity index (χ3v) is 3.30. The lowest BCUT2D eigenvalue weighted by Crippen LogP contribution is -2.35. The molecule has 0 radical (unpaired) electrons. The van der Waals surface area contributed by atoms with E-state index in [0.29, 0.717) is 18.3 Å². The van der Waals surface area contributed by atoms with E-state index in [-0.39, 0.29) is 11.9 Å². The second kappa shape index (κ2) is 7.66. The maximum absolute atomic E-state index is 11.8. The second-order valence-corrected chi connectivity index (χ2v) is 5.23. The molecule has 2 N–H and O–H groups in total. The van der Waals surface area contributed by atoms with E-state index in [9.17, 15) is 4.79 Å². The van der Waals surface area contributed by atoms with Gasteiger partial charge in [0.25, 0.3) is 0 Å². The standard InChI is InChI=1S/C13H28N2O/c1-6-11(4)9-13(16)15(5)8-7-12(14)10(2)3/h10-12H,6-9,14H2,1-5H3. The average Bonchev–Trinajstić information content (AvgIpc) is 2.24. The molecule has 0 aromatic heterocycles. The molecule has 96 valence electrons. The van der Waals surface area contributed by atoms with Gasteiger partial charge in [-0.3, -0.25) is 4.79 Å². The largest absolute Gasteiger partial charge is 0.346 e. The lowest BCUT2D eigenvalue weighted by Gasteiger charge is -2.22. The highest BCUT2D eigenvalue weighted by Gasteiger charge is 2.14. The Morgan fingerprint density at radius 3 is 2.31 bits per heavy atom. The Balaban J connectivity index is 3.88. The lowest BCUT2D eigenvalue weighted by molar-refractivity contribution is -0.130. The fourth-order valence-corrected chi connectivity index (χ4v) is 1.40. The molecule has 2 atom stereocenters. The fourth-order valence-electron chi connectivity index (χ4n) is 1.40. The van der Waals surface area contributed by atoms with Gasteiger partial charge < -0.3 is 10.6 Å². The van der Waals surface area contributed by atoms with Crippen LogP contribution in [0.25, 0.3) is 0 Å². The van der Waals surface area contributed by atoms with Crippen LogP contribution in [0.15, 0.2) is 0 Å². The van der Waals surface area contributed by atoms with Gasteiger partial charge in [-0.1, -0.05) is 34.1 Å². The van der Waals surface area contributed by atoms with Crippen molar-refractivity contribution in [1.29, 1.82) is 0 Å². The minimum absolute atomic E-state index is 0.193. The summed E-state index contributed by atoms with van der Waals surface area (Å²) in [5, 5.41) is 0. The summed E-state index contributed by atoms with van der Waals surface area (Å²) in [5.41, 5.74) is 5.95. The van der Waals surface area contributed by atoms with E-state index >= 15 is 0 Å². The molecule has 3 nitrogen and oxygen atoms in total. The first-order chi connectivity index (χ1) is 7.38. The Bertz CT molecular complexity index is 204. The predicted octanol–water partition coefficient (Wildman–Crippen LogP) is 2.25. The first kappa shape index (κ1) is 15.4. The van der Waals surface area contributed by atoms with Crippen molar-refractivity contribution in [2.24, 2.45) is 17.6 Å². The lowest BCUT2D eigenvalue weighted by atomic mass is 10.0. The van der Waals surface area contributed by atoms with Gasteiger partial charge in [-0.2, -0.15) is 0 Å². The molecule has 3 heteroatoms. The zero-order valence-electron chi connectivity index (χ0n) is 11.5. The van der Waals surface area contributed by atoms with Crippen molar-refractivity contribution >= 4 is 5.91 Å². The molecule has 0 aliphatic rings. The molecule has 0 aliphatic carbocycles. The maximum Gasteiger partial charge on any atom is 0.222 e. The summed E-state index contributed by atoms with van der Waals surface area (Å²) in [7, 11) is 1.87. The Kier molecular flexibility index (Phi) is 7.39. The van der Waals surface area contributed by atoms with Gasteiger partial charge >= 0.3 is 0 Å². The van der Waals surface area contributed by atoms with Crippen LogP contribution in [0.4, 0.5) is 0 Å². The molecule has 2 unspecified atom stereocenters. The Morgan fingerprint density at radius 1 is 1.31 bits per heavy atom. The first-order valence-electron chi connectivity index (χ1n) is 6.38. The molecule has 1 amide bonds. The quantitative estimate of drug-likeness (QED) is 0.726. The van der Waals surface area contributed by atoms with E-state index in [1.165, 1.54) is 0 Å². The van der Waals surface area contributed by atoms with Crippen molar-refractivity contribution in [2.45, 2.75) is 53.0 Å². The van der Waals surface area contributed by atoms with Gasteiger partial charge in [0.15, 0.2) is 0 Å². The van der Waals surface area contributed by atoms with Gasteiger partial charge in [0.1, 0.15) is 0 Å². The molecule has 0 bridgehead atoms. The van der Waals surface area contributed by atoms with Gasteiger partial charge in [0, 0.05) is 26.1 Å². The van der Waals surface area contributed by atoms with Crippen LogP contribution in [0.2, 0.25) is 0 Å². The molecule has 0 fully saturated rings. The number of nitrogens with zero attached hydrogens (tertiary/aromatic N) is 1. The molecule has 0 aliphatic heterocycles. The number of rotatable bonds is 7. The summed E-state index contributed by atoms with van der Waals surface area (Å²) in [4.78, 5) is 13.6. The van der Waals surface area contributed by atoms with Crippen molar-refractivity contribution in [3.8, 4) is 0 Å². The number of nitrogens with two attached hydrogens (primary N) is 1. The summed E-state index contributed by atoms with van der Waals surface area (Å²) in [6, 6.07) is 0.193. The highest BCUT2D eigenvalue weighted by molar-refractivity contribution is 5.76. The first-order valence-corrected chi connectivity index (χ1v) is 6.38. The fraction of sp³-hybridized carbons (Fsp3) is 0.923. The van der Waals surface area contributed by atoms with Crippen molar-refractivity contribution < 1.29 is 4.79 Å². The van der Waals surface area contributed by atoms with E-state index in [1.807, 2.05) is 11.9 Å². The highest BCUT2D eigenvalue weighted by atomic mass is 16.2. The van der Waals surface area contributed by atoms with Crippen LogP contribution < -0.4 is 5.73 Å². The van der Waals surface area contributed by atoms with Crippen LogP contribution in [-0.4, -0.2) is 30.4 Å². The molecule has 0 spiro atoms. The third kappa shape index (κ3) is 6.11. The number of hydrogen-bond donors (Lipinski definition) is 1. The summed E-state index contributed by atoms with van der Waals surface area (Å²) in [6.07, 6.45) is 2.61. The molecule has 0 aromatic rings. The molecule has 0 aromatic carbocycles. The van der Waals surface area contributed by atoms with Gasteiger partial charge in [0.05, 0.1) is 0 Å². The van der Waals surface area contributed by atoms with Crippen LogP contribution >= 0.6 is 0 Å². The molecular formula is C13H28N2O. The molecule has 0 heterocycles. The molecule has 0 rings (SSSR count). The van der Waals surface area contributed by atoms with E-state index < -0.39 is 0 Å². The molecule has 0 saturated carbocycles. The molecule has 16 heavy (non-hydrogen) atoms. The van der Waals surface area contributed by atoms with Crippen molar-refractivity contribution in [2.75, 3.05) is 13.6 Å². The predicted molar refractivity (Wildman–Crippen MR) is 69.1 cm³/mol. The second-order valence-electron chi connectivity index (χ2n) is 5.23. The minimum Gasteiger partial charge on any atom is -0.346 e. The van der Waals surface area contributed by atoms with E-state index in [4.69, 9.17) is 5.73 Å². The summed E-state index contributed by atoms with van der Waals surface area (Å²) >= 11 is 0. The van der Waals surface area contributed by atoms with Crippen LogP contribution in [0, 0.1) is 11.8 Å². The van der Waals surface area contributed by atoms with Crippen LogP contribution in [0.5, 0.6) is 0 Å². The summed E-state index contributed by atoms with van der Waals surface area (Å²) < 4.78 is 0. The third-order valence-electron chi connectivity index (χ3n) is 3.30.